The number of rotatable bonds is 55. The number of nitrogens with one attached hydrogen (secondary N) is 6. The zero-order valence-electron chi connectivity index (χ0n) is 48.2. The summed E-state index contributed by atoms with van der Waals surface area (Å²) in [6.07, 6.45) is 23.2. The molecule has 0 aliphatic carbocycles. The Morgan fingerprint density at radius 3 is 1.67 bits per heavy atom. The van der Waals surface area contributed by atoms with Crippen LogP contribution in [0.4, 0.5) is 0 Å². The van der Waals surface area contributed by atoms with Crippen LogP contribution in [0.5, 0.6) is 0 Å². The van der Waals surface area contributed by atoms with Gasteiger partial charge in [-0.05, 0) is 46.0 Å². The standard InChI is InChI=1S/C57H99N7O15/c1-5-6-7-8-9-10-11-12-13-14-15-16-17-18-19-22-47(65)38-45(56(74)75)24-26-51(68)60-29-31-76-33-36-79-42-53(70)61-30-32-77-34-35-78-41-52(69)59-28-21-20-23-48(49(66)25-27-54(71)72)62-40-50(67)57(3,4)64-55(73)44(2)37-46-39-58-43-63-46/h39,43-45,48,62H,5-38,40-42H2,1-4H3,(H,58,63)(H,59,69)(H,60,68)(H,61,70)(H,64,73)(H,71,72)(H,74,75)/t44-,45+,48-/m0/s1. The van der Waals surface area contributed by atoms with E-state index < -0.39 is 35.4 Å². The number of H-pyrrole nitrogens is 1. The molecule has 0 unspecified atom stereocenters. The van der Waals surface area contributed by atoms with Gasteiger partial charge in [-0.1, -0.05) is 104 Å². The van der Waals surface area contributed by atoms with Gasteiger partial charge in [0.25, 0.3) is 0 Å². The molecule has 8 N–H and O–H groups in total. The third-order valence-electron chi connectivity index (χ3n) is 13.3. The molecule has 0 spiro atoms. The van der Waals surface area contributed by atoms with Crippen LogP contribution in [0, 0.1) is 11.8 Å². The maximum Gasteiger partial charge on any atom is 0.306 e. The van der Waals surface area contributed by atoms with E-state index in [0.717, 1.165) is 25.0 Å². The van der Waals surface area contributed by atoms with Gasteiger partial charge in [0, 0.05) is 69.5 Å². The summed E-state index contributed by atoms with van der Waals surface area (Å²) >= 11 is 0. The minimum absolute atomic E-state index is 0.00857. The molecule has 1 heterocycles. The van der Waals surface area contributed by atoms with Crippen molar-refractivity contribution in [3.63, 3.8) is 0 Å². The third kappa shape index (κ3) is 40.6. The van der Waals surface area contributed by atoms with E-state index in [-0.39, 0.29) is 146 Å². The molecular weight excluding hydrogens is 1020 g/mol. The Morgan fingerprint density at radius 1 is 0.608 bits per heavy atom. The fourth-order valence-electron chi connectivity index (χ4n) is 8.41. The maximum atomic E-state index is 13.1. The number of unbranched alkanes of at least 4 members (excludes halogenated alkanes) is 15. The number of carbonyl (C=O) groups is 9. The van der Waals surface area contributed by atoms with Gasteiger partial charge >= 0.3 is 11.9 Å². The Hall–Kier alpha value is -5.16. The Bertz CT molecular complexity index is 1870. The van der Waals surface area contributed by atoms with Gasteiger partial charge in [-0.15, -0.1) is 0 Å². The predicted molar refractivity (Wildman–Crippen MR) is 298 cm³/mol. The average Bonchev–Trinajstić information content (AvgIpc) is 3.93. The lowest BCUT2D eigenvalue weighted by Gasteiger charge is -2.28. The number of aromatic nitrogens is 2. The fraction of sp³-hybridized carbons (Fsp3) is 0.789. The van der Waals surface area contributed by atoms with Gasteiger partial charge < -0.3 is 60.7 Å². The predicted octanol–water partition coefficient (Wildman–Crippen LogP) is 5.73. The van der Waals surface area contributed by atoms with Crippen molar-refractivity contribution < 1.29 is 72.3 Å². The quantitative estimate of drug-likeness (QED) is 0.0361. The van der Waals surface area contributed by atoms with Crippen molar-refractivity contribution in [2.24, 2.45) is 11.8 Å². The van der Waals surface area contributed by atoms with Crippen molar-refractivity contribution >= 4 is 52.9 Å². The largest absolute Gasteiger partial charge is 0.481 e. The van der Waals surface area contributed by atoms with Crippen molar-refractivity contribution in [1.82, 2.24) is 36.6 Å². The SMILES string of the molecule is CCCCCCCCCCCCCCCCCC(=O)C[C@@H](CCC(=O)NCCOCCOCC(=O)NCCOCCOCC(=O)NCCCC[C@H](NCC(=O)C(C)(C)NC(=O)[C@@H](C)Cc1cnc[nH]1)C(=O)CCC(=O)O)C(=O)O. The number of ether oxygens (including phenoxy) is 4. The molecule has 0 saturated carbocycles. The van der Waals surface area contributed by atoms with Crippen LogP contribution < -0.4 is 26.6 Å². The van der Waals surface area contributed by atoms with E-state index in [4.69, 9.17) is 24.1 Å². The van der Waals surface area contributed by atoms with Crippen LogP contribution in [-0.2, 0) is 68.5 Å². The van der Waals surface area contributed by atoms with Gasteiger partial charge in [0.05, 0.1) is 76.4 Å². The zero-order valence-corrected chi connectivity index (χ0v) is 48.2. The summed E-state index contributed by atoms with van der Waals surface area (Å²) in [4.78, 5) is 118. The summed E-state index contributed by atoms with van der Waals surface area (Å²) in [5.74, 6) is -5.64. The van der Waals surface area contributed by atoms with Crippen molar-refractivity contribution in [3.05, 3.63) is 18.2 Å². The fourth-order valence-corrected chi connectivity index (χ4v) is 8.41. The van der Waals surface area contributed by atoms with E-state index in [1.807, 2.05) is 0 Å². The number of nitrogens with zero attached hydrogens (tertiary/aromatic N) is 1. The molecule has 3 atom stereocenters. The molecule has 22 heteroatoms. The number of Topliss-reactive ketones (excluding diaryl/α,β-unsaturated/α-hetero) is 3. The molecule has 79 heavy (non-hydrogen) atoms. The summed E-state index contributed by atoms with van der Waals surface area (Å²) < 4.78 is 21.5. The van der Waals surface area contributed by atoms with Crippen LogP contribution in [0.15, 0.2) is 12.5 Å². The summed E-state index contributed by atoms with van der Waals surface area (Å²) in [5, 5.41) is 32.5. The van der Waals surface area contributed by atoms with E-state index in [1.165, 1.54) is 83.4 Å². The number of amides is 4. The number of carboxylic acid groups (broad SMARTS) is 2. The van der Waals surface area contributed by atoms with Crippen LogP contribution in [0.2, 0.25) is 0 Å². The Balaban J connectivity index is 2.07. The number of hydrogen-bond acceptors (Lipinski definition) is 15. The number of carbonyl (C=O) groups excluding carboxylic acids is 7. The Labute approximate surface area is 469 Å². The second-order valence-corrected chi connectivity index (χ2v) is 20.9. The number of hydrogen-bond donors (Lipinski definition) is 8. The third-order valence-corrected chi connectivity index (χ3v) is 13.3. The highest BCUT2D eigenvalue weighted by Gasteiger charge is 2.32. The van der Waals surface area contributed by atoms with Gasteiger partial charge in [-0.2, -0.15) is 0 Å². The molecule has 0 aliphatic rings. The molecule has 1 aromatic rings. The van der Waals surface area contributed by atoms with Crippen LogP contribution in [0.3, 0.4) is 0 Å². The molecule has 0 bridgehead atoms. The van der Waals surface area contributed by atoms with Crippen molar-refractivity contribution in [3.8, 4) is 0 Å². The van der Waals surface area contributed by atoms with Crippen molar-refractivity contribution in [2.75, 3.05) is 79.0 Å². The first-order valence-electron chi connectivity index (χ1n) is 29.1. The minimum Gasteiger partial charge on any atom is -0.481 e. The van der Waals surface area contributed by atoms with E-state index in [2.05, 4.69) is 43.5 Å². The van der Waals surface area contributed by atoms with E-state index >= 15 is 0 Å². The second kappa shape index (κ2) is 46.6. The van der Waals surface area contributed by atoms with Crippen molar-refractivity contribution in [1.29, 1.82) is 0 Å². The first-order valence-corrected chi connectivity index (χ1v) is 29.1. The van der Waals surface area contributed by atoms with Crippen molar-refractivity contribution in [2.45, 2.75) is 200 Å². The van der Waals surface area contributed by atoms with Crippen LogP contribution in [0.25, 0.3) is 0 Å². The molecule has 452 valence electrons. The second-order valence-electron chi connectivity index (χ2n) is 20.9. The summed E-state index contributed by atoms with van der Waals surface area (Å²) in [6.45, 7) is 8.30. The molecule has 1 rings (SSSR count). The summed E-state index contributed by atoms with van der Waals surface area (Å²) in [6, 6.07) is -0.799. The maximum absolute atomic E-state index is 13.1. The Morgan fingerprint density at radius 2 is 1.14 bits per heavy atom. The van der Waals surface area contributed by atoms with Crippen LogP contribution in [0.1, 0.15) is 187 Å². The number of aliphatic carboxylic acids is 2. The monoisotopic (exact) mass is 1120 g/mol. The summed E-state index contributed by atoms with van der Waals surface area (Å²) in [7, 11) is 0. The molecule has 0 aromatic carbocycles. The molecule has 0 saturated heterocycles. The number of ketones is 3. The van der Waals surface area contributed by atoms with E-state index in [1.54, 1.807) is 27.0 Å². The first-order chi connectivity index (χ1) is 37.9. The van der Waals surface area contributed by atoms with Gasteiger partial charge in [-0.25, -0.2) is 4.98 Å². The minimum atomic E-state index is -1.24. The number of imidazole rings is 1. The summed E-state index contributed by atoms with van der Waals surface area (Å²) in [5.41, 5.74) is -0.455. The molecule has 1 aromatic heterocycles. The highest BCUT2D eigenvalue weighted by Crippen LogP contribution is 2.18. The van der Waals surface area contributed by atoms with Crippen LogP contribution in [-0.4, -0.2) is 164 Å². The number of carboxylic acids is 2. The molecular formula is C57H99N7O15. The number of aromatic amines is 1. The average molecular weight is 1120 g/mol. The zero-order chi connectivity index (χ0) is 58.4. The lowest BCUT2D eigenvalue weighted by Crippen LogP contribution is -2.55. The lowest BCUT2D eigenvalue weighted by molar-refractivity contribution is -0.144. The highest BCUT2D eigenvalue weighted by molar-refractivity contribution is 5.95. The van der Waals surface area contributed by atoms with Gasteiger partial charge in [0.15, 0.2) is 5.78 Å². The lowest BCUT2D eigenvalue weighted by atomic mass is 9.94. The van der Waals surface area contributed by atoms with Gasteiger partial charge in [0.1, 0.15) is 24.8 Å². The van der Waals surface area contributed by atoms with Gasteiger partial charge in [0.2, 0.25) is 23.6 Å². The molecule has 0 radical (unpaired) electrons. The van der Waals surface area contributed by atoms with Crippen LogP contribution >= 0.6 is 0 Å². The topological polar surface area (TPSA) is 320 Å². The smallest absolute Gasteiger partial charge is 0.306 e. The normalized spacial score (nSPS) is 12.6. The molecule has 0 aliphatic heterocycles. The first kappa shape index (κ1) is 71.9. The molecule has 22 nitrogen and oxygen atoms in total. The van der Waals surface area contributed by atoms with Gasteiger partial charge in [-0.3, -0.25) is 43.2 Å². The van der Waals surface area contributed by atoms with E-state index in [0.29, 0.717) is 38.6 Å². The molecule has 0 fully saturated rings. The Kier molecular flexibility index (Phi) is 42.4. The van der Waals surface area contributed by atoms with E-state index in [9.17, 15) is 48.3 Å². The highest BCUT2D eigenvalue weighted by atomic mass is 16.5. The molecule has 4 amide bonds.